The third-order valence-electron chi connectivity index (χ3n) is 4.65. The molecule has 0 heterocycles. The van der Waals surface area contributed by atoms with E-state index in [1.807, 2.05) is 30.3 Å². The molecule has 1 atom stereocenters. The molecular formula is C25H21ClF3NO5. The Kier molecular flexibility index (Phi) is 8.59. The van der Waals surface area contributed by atoms with Gasteiger partial charge in [0.1, 0.15) is 23.9 Å². The predicted molar refractivity (Wildman–Crippen MR) is 124 cm³/mol. The summed E-state index contributed by atoms with van der Waals surface area (Å²) in [4.78, 5) is 17.1. The van der Waals surface area contributed by atoms with Crippen molar-refractivity contribution in [3.63, 3.8) is 0 Å². The fourth-order valence-electron chi connectivity index (χ4n) is 2.86. The van der Waals surface area contributed by atoms with E-state index in [-0.39, 0.29) is 28.9 Å². The molecule has 0 aliphatic carbocycles. The van der Waals surface area contributed by atoms with E-state index >= 15 is 0 Å². The molecule has 0 aliphatic rings. The average Bonchev–Trinajstić information content (AvgIpc) is 2.83. The molecule has 1 unspecified atom stereocenters. The largest absolute Gasteiger partial charge is 0.478 e. The number of hydrogen-bond donors (Lipinski definition) is 0. The van der Waals surface area contributed by atoms with Crippen LogP contribution in [-0.4, -0.2) is 25.4 Å². The quantitative estimate of drug-likeness (QED) is 0.184. The molecule has 184 valence electrons. The molecule has 10 heteroatoms. The number of alkyl halides is 3. The molecule has 0 aliphatic heterocycles. The van der Waals surface area contributed by atoms with E-state index < -0.39 is 23.8 Å². The molecular weight excluding hydrogens is 487 g/mol. The molecule has 0 amide bonds. The first-order valence-corrected chi connectivity index (χ1v) is 10.7. The van der Waals surface area contributed by atoms with Crippen molar-refractivity contribution >= 4 is 23.8 Å². The topological polar surface area (TPSA) is 66.4 Å². The third kappa shape index (κ3) is 7.38. The minimum Gasteiger partial charge on any atom is -0.478 e. The maximum atomic E-state index is 12.9. The summed E-state index contributed by atoms with van der Waals surface area (Å²) in [6.45, 7) is 1.75. The average molecular weight is 508 g/mol. The number of carbonyl (C=O) groups excluding carboxylic acids is 1. The Morgan fingerprint density at radius 1 is 1.06 bits per heavy atom. The van der Waals surface area contributed by atoms with Crippen LogP contribution in [0, 0.1) is 0 Å². The first kappa shape index (κ1) is 25.9. The van der Waals surface area contributed by atoms with E-state index in [1.54, 1.807) is 12.1 Å². The van der Waals surface area contributed by atoms with E-state index in [0.29, 0.717) is 5.56 Å². The number of methoxy groups -OCH3 is 1. The van der Waals surface area contributed by atoms with Crippen molar-refractivity contribution < 1.29 is 37.0 Å². The molecule has 6 nitrogen and oxygen atoms in total. The van der Waals surface area contributed by atoms with Crippen LogP contribution in [0.25, 0.3) is 0 Å². The summed E-state index contributed by atoms with van der Waals surface area (Å²) in [5.41, 5.74) is 0.491. The number of carbonyl (C=O) groups is 1. The summed E-state index contributed by atoms with van der Waals surface area (Å²) in [6, 6.07) is 16.8. The van der Waals surface area contributed by atoms with Crippen LogP contribution in [0.2, 0.25) is 5.02 Å². The predicted octanol–water partition coefficient (Wildman–Crippen LogP) is 6.64. The number of ether oxygens (including phenoxy) is 3. The van der Waals surface area contributed by atoms with Gasteiger partial charge in [0.15, 0.2) is 6.10 Å². The lowest BCUT2D eigenvalue weighted by atomic mass is 10.2. The zero-order chi connectivity index (χ0) is 25.4. The number of rotatable bonds is 9. The van der Waals surface area contributed by atoms with Crippen molar-refractivity contribution in [2.75, 3.05) is 7.11 Å². The maximum Gasteiger partial charge on any atom is 0.416 e. The van der Waals surface area contributed by atoms with Gasteiger partial charge in [-0.1, -0.05) is 47.1 Å². The smallest absolute Gasteiger partial charge is 0.416 e. The molecule has 3 aromatic rings. The molecule has 0 fully saturated rings. The van der Waals surface area contributed by atoms with E-state index in [1.165, 1.54) is 26.3 Å². The second-order valence-corrected chi connectivity index (χ2v) is 7.63. The van der Waals surface area contributed by atoms with Gasteiger partial charge in [-0.15, -0.1) is 0 Å². The first-order chi connectivity index (χ1) is 16.7. The van der Waals surface area contributed by atoms with Crippen molar-refractivity contribution in [2.45, 2.75) is 25.8 Å². The fraction of sp³-hybridized carbons (Fsp3) is 0.200. The van der Waals surface area contributed by atoms with E-state index in [9.17, 15) is 18.0 Å². The SMILES string of the molecule is COC(=O)C(C)Oc1cc(Oc2ccc(C(F)(F)F)cc2Cl)ccc1/C=N/OCc1ccccc1. The van der Waals surface area contributed by atoms with Gasteiger partial charge in [0.05, 0.1) is 23.9 Å². The maximum absolute atomic E-state index is 12.9. The molecule has 3 rings (SSSR count). The van der Waals surface area contributed by atoms with Gasteiger partial charge in [-0.2, -0.15) is 13.2 Å². The Hall–Kier alpha value is -3.72. The van der Waals surface area contributed by atoms with E-state index in [0.717, 1.165) is 23.8 Å². The van der Waals surface area contributed by atoms with E-state index in [4.69, 9.17) is 25.9 Å². The third-order valence-corrected chi connectivity index (χ3v) is 4.94. The molecule has 0 bridgehead atoms. The summed E-state index contributed by atoms with van der Waals surface area (Å²) in [6.07, 6.45) is -4.09. The standard InChI is InChI=1S/C25H21ClF3NO5/c1-16(24(31)32-2)34-23-13-20(35-22-11-9-19(12-21(22)26)25(27,28)29)10-8-18(23)14-30-33-15-17-6-4-3-5-7-17/h3-14,16H,15H2,1-2H3/b30-14+. The van der Waals surface area contributed by atoms with Gasteiger partial charge in [0.2, 0.25) is 0 Å². The highest BCUT2D eigenvalue weighted by Gasteiger charge is 2.31. The molecule has 3 aromatic carbocycles. The lowest BCUT2D eigenvalue weighted by Gasteiger charge is -2.16. The lowest BCUT2D eigenvalue weighted by molar-refractivity contribution is -0.148. The van der Waals surface area contributed by atoms with Gasteiger partial charge in [-0.25, -0.2) is 4.79 Å². The molecule has 0 radical (unpaired) electrons. The van der Waals surface area contributed by atoms with Crippen molar-refractivity contribution in [2.24, 2.45) is 5.16 Å². The number of hydrogen-bond acceptors (Lipinski definition) is 6. The Morgan fingerprint density at radius 3 is 2.46 bits per heavy atom. The summed E-state index contributed by atoms with van der Waals surface area (Å²) in [5.74, 6) is -0.180. The van der Waals surface area contributed by atoms with Crippen molar-refractivity contribution in [3.05, 3.63) is 88.4 Å². The molecule has 0 spiro atoms. The zero-order valence-electron chi connectivity index (χ0n) is 18.7. The Labute approximate surface area is 204 Å². The second kappa shape index (κ2) is 11.6. The van der Waals surface area contributed by atoms with Crippen LogP contribution in [0.15, 0.2) is 71.9 Å². The van der Waals surface area contributed by atoms with Crippen LogP contribution in [-0.2, 0) is 27.2 Å². The van der Waals surface area contributed by atoms with Gasteiger partial charge in [0, 0.05) is 11.6 Å². The minimum atomic E-state index is -4.53. The van der Waals surface area contributed by atoms with Crippen LogP contribution in [0.3, 0.4) is 0 Å². The Morgan fingerprint density at radius 2 is 1.80 bits per heavy atom. The first-order valence-electron chi connectivity index (χ1n) is 10.3. The van der Waals surface area contributed by atoms with Crippen molar-refractivity contribution in [1.29, 1.82) is 0 Å². The summed E-state index contributed by atoms with van der Waals surface area (Å²) in [7, 11) is 1.23. The number of nitrogens with zero attached hydrogens (tertiary/aromatic N) is 1. The van der Waals surface area contributed by atoms with Crippen LogP contribution < -0.4 is 9.47 Å². The van der Waals surface area contributed by atoms with Crippen LogP contribution in [0.5, 0.6) is 17.2 Å². The van der Waals surface area contributed by atoms with Gasteiger partial charge in [-0.05, 0) is 42.8 Å². The molecule has 0 saturated heterocycles. The number of halogens is 4. The fourth-order valence-corrected chi connectivity index (χ4v) is 3.08. The molecule has 0 N–H and O–H groups in total. The van der Waals surface area contributed by atoms with E-state index in [2.05, 4.69) is 9.89 Å². The van der Waals surface area contributed by atoms with Crippen LogP contribution in [0.4, 0.5) is 13.2 Å². The number of oxime groups is 1. The summed E-state index contributed by atoms with van der Waals surface area (Å²) >= 11 is 5.98. The van der Waals surface area contributed by atoms with Crippen molar-refractivity contribution in [1.82, 2.24) is 0 Å². The van der Waals surface area contributed by atoms with Crippen molar-refractivity contribution in [3.8, 4) is 17.2 Å². The number of esters is 1. The van der Waals surface area contributed by atoms with Gasteiger partial charge in [0.25, 0.3) is 0 Å². The summed E-state index contributed by atoms with van der Waals surface area (Å²) < 4.78 is 54.7. The molecule has 0 saturated carbocycles. The highest BCUT2D eigenvalue weighted by atomic mass is 35.5. The lowest BCUT2D eigenvalue weighted by Crippen LogP contribution is -2.25. The number of benzene rings is 3. The zero-order valence-corrected chi connectivity index (χ0v) is 19.5. The highest BCUT2D eigenvalue weighted by Crippen LogP contribution is 2.37. The minimum absolute atomic E-state index is 0.0132. The Bertz CT molecular complexity index is 1190. The van der Waals surface area contributed by atoms with Gasteiger partial charge < -0.3 is 19.0 Å². The van der Waals surface area contributed by atoms with Gasteiger partial charge >= 0.3 is 12.1 Å². The normalized spacial score (nSPS) is 12.3. The highest BCUT2D eigenvalue weighted by molar-refractivity contribution is 6.32. The Balaban J connectivity index is 1.81. The monoisotopic (exact) mass is 507 g/mol. The summed E-state index contributed by atoms with van der Waals surface area (Å²) in [5, 5.41) is 3.72. The molecule has 35 heavy (non-hydrogen) atoms. The second-order valence-electron chi connectivity index (χ2n) is 7.22. The van der Waals surface area contributed by atoms with Gasteiger partial charge in [-0.3, -0.25) is 0 Å². The van der Waals surface area contributed by atoms with Crippen LogP contribution in [0.1, 0.15) is 23.6 Å². The molecule has 0 aromatic heterocycles. The van der Waals surface area contributed by atoms with Crippen LogP contribution >= 0.6 is 11.6 Å².